The summed E-state index contributed by atoms with van der Waals surface area (Å²) in [6.07, 6.45) is 1.88. The molecule has 7 heteroatoms. The van der Waals surface area contributed by atoms with Crippen molar-refractivity contribution in [3.05, 3.63) is 5.82 Å². The summed E-state index contributed by atoms with van der Waals surface area (Å²) in [6, 6.07) is 0. The van der Waals surface area contributed by atoms with Gasteiger partial charge in [0.2, 0.25) is 11.9 Å². The summed E-state index contributed by atoms with van der Waals surface area (Å²) in [5, 5.41) is 1.83. The van der Waals surface area contributed by atoms with E-state index in [1.807, 2.05) is 19.1 Å². The SMILES string of the molecule is CCCc1nc(NN(C)C)nc(N2CCOCC2)n1. The third-order valence-corrected chi connectivity index (χ3v) is 2.76. The molecule has 0 bridgehead atoms. The maximum absolute atomic E-state index is 5.36. The second kappa shape index (κ2) is 6.63. The van der Waals surface area contributed by atoms with Gasteiger partial charge in [0.05, 0.1) is 13.2 Å². The fourth-order valence-electron chi connectivity index (χ4n) is 1.90. The highest BCUT2D eigenvalue weighted by molar-refractivity contribution is 5.37. The van der Waals surface area contributed by atoms with Gasteiger partial charge in [-0.25, -0.2) is 5.01 Å². The lowest BCUT2D eigenvalue weighted by atomic mass is 10.3. The predicted octanol–water partition coefficient (Wildman–Crippen LogP) is 0.549. The third-order valence-electron chi connectivity index (χ3n) is 2.76. The number of rotatable bonds is 5. The van der Waals surface area contributed by atoms with Crippen molar-refractivity contribution in [1.29, 1.82) is 0 Å². The quantitative estimate of drug-likeness (QED) is 0.781. The van der Waals surface area contributed by atoms with Crippen LogP contribution in [0, 0.1) is 0 Å². The Balaban J connectivity index is 2.21. The molecule has 0 unspecified atom stereocenters. The highest BCUT2D eigenvalue weighted by Gasteiger charge is 2.16. The number of aryl methyl sites for hydroxylation is 1. The van der Waals surface area contributed by atoms with E-state index in [1.165, 1.54) is 0 Å². The number of hydrogen-bond acceptors (Lipinski definition) is 7. The first kappa shape index (κ1) is 14.0. The molecule has 0 aromatic carbocycles. The zero-order valence-electron chi connectivity index (χ0n) is 11.9. The zero-order chi connectivity index (χ0) is 13.7. The number of hydrazine groups is 1. The minimum atomic E-state index is 0.602. The molecular weight excluding hydrogens is 244 g/mol. The molecule has 1 fully saturated rings. The van der Waals surface area contributed by atoms with E-state index in [0.717, 1.165) is 50.9 Å². The molecule has 0 radical (unpaired) electrons. The van der Waals surface area contributed by atoms with Crippen LogP contribution >= 0.6 is 0 Å². The highest BCUT2D eigenvalue weighted by atomic mass is 16.5. The van der Waals surface area contributed by atoms with Crippen molar-refractivity contribution >= 4 is 11.9 Å². The number of anilines is 2. The number of morpholine rings is 1. The van der Waals surface area contributed by atoms with E-state index in [-0.39, 0.29) is 0 Å². The number of ether oxygens (including phenoxy) is 1. The van der Waals surface area contributed by atoms with Crippen molar-refractivity contribution in [2.75, 3.05) is 50.7 Å². The Kier molecular flexibility index (Phi) is 4.86. The molecular formula is C12H22N6O. The van der Waals surface area contributed by atoms with Gasteiger partial charge in [-0.1, -0.05) is 6.92 Å². The Morgan fingerprint density at radius 2 is 1.95 bits per heavy atom. The molecule has 1 aliphatic rings. The van der Waals surface area contributed by atoms with Crippen LogP contribution in [-0.2, 0) is 11.2 Å². The van der Waals surface area contributed by atoms with Crippen LogP contribution in [0.15, 0.2) is 0 Å². The van der Waals surface area contributed by atoms with Gasteiger partial charge in [-0.3, -0.25) is 5.43 Å². The molecule has 0 atom stereocenters. The molecule has 19 heavy (non-hydrogen) atoms. The van der Waals surface area contributed by atoms with Crippen molar-refractivity contribution in [2.45, 2.75) is 19.8 Å². The first-order valence-electron chi connectivity index (χ1n) is 6.70. The van der Waals surface area contributed by atoms with E-state index in [0.29, 0.717) is 5.95 Å². The Bertz CT molecular complexity index is 405. The number of nitrogens with zero attached hydrogens (tertiary/aromatic N) is 5. The van der Waals surface area contributed by atoms with E-state index in [4.69, 9.17) is 4.74 Å². The highest BCUT2D eigenvalue weighted by Crippen LogP contribution is 2.13. The fourth-order valence-corrected chi connectivity index (χ4v) is 1.90. The molecule has 7 nitrogen and oxygen atoms in total. The molecule has 1 aromatic heterocycles. The van der Waals surface area contributed by atoms with E-state index >= 15 is 0 Å². The van der Waals surface area contributed by atoms with Crippen LogP contribution in [0.3, 0.4) is 0 Å². The lowest BCUT2D eigenvalue weighted by Crippen LogP contribution is -2.38. The van der Waals surface area contributed by atoms with Crippen molar-refractivity contribution < 1.29 is 4.74 Å². The van der Waals surface area contributed by atoms with E-state index in [1.54, 1.807) is 0 Å². The second-order valence-corrected chi connectivity index (χ2v) is 4.73. The Morgan fingerprint density at radius 3 is 2.58 bits per heavy atom. The third kappa shape index (κ3) is 4.00. The topological polar surface area (TPSA) is 66.4 Å². The zero-order valence-corrected chi connectivity index (χ0v) is 11.9. The molecule has 0 spiro atoms. The average molecular weight is 266 g/mol. The number of aromatic nitrogens is 3. The first-order valence-corrected chi connectivity index (χ1v) is 6.70. The lowest BCUT2D eigenvalue weighted by molar-refractivity contribution is 0.122. The Morgan fingerprint density at radius 1 is 1.21 bits per heavy atom. The summed E-state index contributed by atoms with van der Waals surface area (Å²) in [7, 11) is 3.83. The van der Waals surface area contributed by atoms with Crippen LogP contribution in [0.1, 0.15) is 19.2 Å². The van der Waals surface area contributed by atoms with Crippen LogP contribution in [0.2, 0.25) is 0 Å². The van der Waals surface area contributed by atoms with E-state index in [2.05, 4.69) is 32.2 Å². The normalized spacial score (nSPS) is 15.9. The standard InChI is InChI=1S/C12H22N6O/c1-4-5-10-13-11(16-17(2)3)15-12(14-10)18-6-8-19-9-7-18/h4-9H2,1-3H3,(H,13,14,15,16). The summed E-state index contributed by atoms with van der Waals surface area (Å²) in [6.45, 7) is 5.24. The lowest BCUT2D eigenvalue weighted by Gasteiger charge is -2.27. The Labute approximate surface area is 114 Å². The molecule has 1 N–H and O–H groups in total. The second-order valence-electron chi connectivity index (χ2n) is 4.73. The van der Waals surface area contributed by atoms with Gasteiger partial charge >= 0.3 is 0 Å². The molecule has 1 saturated heterocycles. The van der Waals surface area contributed by atoms with Crippen LogP contribution in [0.4, 0.5) is 11.9 Å². The van der Waals surface area contributed by atoms with Gasteiger partial charge in [0, 0.05) is 33.6 Å². The van der Waals surface area contributed by atoms with Gasteiger partial charge in [-0.05, 0) is 6.42 Å². The first-order chi connectivity index (χ1) is 9.19. The largest absolute Gasteiger partial charge is 0.378 e. The average Bonchev–Trinajstić information content (AvgIpc) is 2.39. The summed E-state index contributed by atoms with van der Waals surface area (Å²) in [5.41, 5.74) is 3.10. The summed E-state index contributed by atoms with van der Waals surface area (Å²) in [5.74, 6) is 2.18. The van der Waals surface area contributed by atoms with Gasteiger partial charge in [0.25, 0.3) is 0 Å². The minimum Gasteiger partial charge on any atom is -0.378 e. The van der Waals surface area contributed by atoms with E-state index < -0.39 is 0 Å². The van der Waals surface area contributed by atoms with Gasteiger partial charge in [0.15, 0.2) is 0 Å². The van der Waals surface area contributed by atoms with Gasteiger partial charge in [-0.2, -0.15) is 15.0 Å². The van der Waals surface area contributed by atoms with Crippen LogP contribution in [0.5, 0.6) is 0 Å². The molecule has 0 amide bonds. The van der Waals surface area contributed by atoms with Crippen LogP contribution in [-0.4, -0.2) is 60.4 Å². The summed E-state index contributed by atoms with van der Waals surface area (Å²) < 4.78 is 5.36. The number of nitrogens with one attached hydrogen (secondary N) is 1. The van der Waals surface area contributed by atoms with Crippen molar-refractivity contribution in [3.8, 4) is 0 Å². The monoisotopic (exact) mass is 266 g/mol. The molecule has 1 aromatic rings. The van der Waals surface area contributed by atoms with Crippen LogP contribution in [0.25, 0.3) is 0 Å². The summed E-state index contributed by atoms with van der Waals surface area (Å²) >= 11 is 0. The van der Waals surface area contributed by atoms with Crippen molar-refractivity contribution in [1.82, 2.24) is 20.0 Å². The molecule has 0 aliphatic carbocycles. The van der Waals surface area contributed by atoms with Crippen molar-refractivity contribution in [3.63, 3.8) is 0 Å². The molecule has 1 aliphatic heterocycles. The van der Waals surface area contributed by atoms with Gasteiger partial charge in [-0.15, -0.1) is 0 Å². The molecule has 106 valence electrons. The summed E-state index contributed by atoms with van der Waals surface area (Å²) in [4.78, 5) is 15.6. The molecule has 0 saturated carbocycles. The van der Waals surface area contributed by atoms with E-state index in [9.17, 15) is 0 Å². The number of hydrogen-bond donors (Lipinski definition) is 1. The van der Waals surface area contributed by atoms with Gasteiger partial charge in [0.1, 0.15) is 5.82 Å². The Hall–Kier alpha value is -1.47. The fraction of sp³-hybridized carbons (Fsp3) is 0.750. The minimum absolute atomic E-state index is 0.602. The van der Waals surface area contributed by atoms with Gasteiger partial charge < -0.3 is 9.64 Å². The molecule has 2 rings (SSSR count). The van der Waals surface area contributed by atoms with Crippen molar-refractivity contribution in [2.24, 2.45) is 0 Å². The van der Waals surface area contributed by atoms with Crippen LogP contribution < -0.4 is 10.3 Å². The smallest absolute Gasteiger partial charge is 0.242 e. The maximum Gasteiger partial charge on any atom is 0.242 e. The predicted molar refractivity (Wildman–Crippen MR) is 74.2 cm³/mol. The molecule has 2 heterocycles. The maximum atomic E-state index is 5.36.